The third kappa shape index (κ3) is 5.77. The topological polar surface area (TPSA) is 49.8 Å². The smallest absolute Gasteiger partial charge is 0.306 e. The summed E-state index contributed by atoms with van der Waals surface area (Å²) in [5, 5.41) is 13.3. The maximum absolute atomic E-state index is 12.5. The van der Waals surface area contributed by atoms with Crippen LogP contribution in [0, 0.1) is 0 Å². The maximum Gasteiger partial charge on any atom is 0.306 e. The van der Waals surface area contributed by atoms with E-state index in [1.807, 2.05) is 78.9 Å². The first-order chi connectivity index (χ1) is 16.6. The molecule has 34 heavy (non-hydrogen) atoms. The molecular formula is C29H32BrNO3. The van der Waals surface area contributed by atoms with E-state index >= 15 is 0 Å². The molecule has 1 aliphatic heterocycles. The summed E-state index contributed by atoms with van der Waals surface area (Å²) in [6.45, 7) is 1.26. The minimum atomic E-state index is -1.24. The van der Waals surface area contributed by atoms with Gasteiger partial charge in [-0.2, -0.15) is 0 Å². The number of esters is 1. The molecule has 0 spiro atoms. The molecule has 3 aromatic rings. The Morgan fingerprint density at radius 1 is 0.912 bits per heavy atom. The highest BCUT2D eigenvalue weighted by Crippen LogP contribution is 2.41. The molecule has 0 amide bonds. The number of unbranched alkanes of at least 4 members (excludes halogenated alkanes) is 1. The number of halogens is 1. The fourth-order valence-corrected chi connectivity index (χ4v) is 5.32. The summed E-state index contributed by atoms with van der Waals surface area (Å²) in [6.07, 6.45) is 2.49. The van der Waals surface area contributed by atoms with Gasteiger partial charge in [0.15, 0.2) is 0 Å². The number of hydrogen-bond donors (Lipinski definition) is 1. The van der Waals surface area contributed by atoms with Crippen LogP contribution in [0.2, 0.25) is 0 Å². The second-order valence-corrected chi connectivity index (χ2v) is 9.72. The van der Waals surface area contributed by atoms with E-state index in [4.69, 9.17) is 4.74 Å². The van der Waals surface area contributed by atoms with Crippen LogP contribution in [0.4, 0.5) is 0 Å². The number of carbonyl (C=O) groups is 1. The van der Waals surface area contributed by atoms with Gasteiger partial charge >= 0.3 is 5.97 Å². The summed E-state index contributed by atoms with van der Waals surface area (Å²) >= 11 is 3.41. The van der Waals surface area contributed by atoms with Gasteiger partial charge in [-0.05, 0) is 29.5 Å². The molecule has 0 unspecified atom stereocenters. The zero-order valence-electron chi connectivity index (χ0n) is 19.4. The van der Waals surface area contributed by atoms with Crippen LogP contribution in [-0.2, 0) is 21.7 Å². The van der Waals surface area contributed by atoms with E-state index in [9.17, 15) is 9.90 Å². The average Bonchev–Trinajstić information content (AvgIpc) is 3.27. The molecule has 0 radical (unpaired) electrons. The monoisotopic (exact) mass is 521 g/mol. The fourth-order valence-electron chi connectivity index (χ4n) is 4.92. The molecular weight excluding hydrogens is 490 g/mol. The second kappa shape index (κ2) is 11.8. The standard InChI is InChI=1S/C29H32BrNO3/c30-19-11-10-18-28(32)34-26-20-27(31(22-26)21-23-12-4-1-5-13-23)29(33,24-14-6-2-7-15-24)25-16-8-3-9-17-25/h1-9,12-17,26-27,33H,10-11,18-22H2/t26-,27+/m1/s1. The van der Waals surface area contributed by atoms with Crippen LogP contribution in [0.3, 0.4) is 0 Å². The predicted octanol–water partition coefficient (Wildman–Crippen LogP) is 5.67. The van der Waals surface area contributed by atoms with E-state index in [0.717, 1.165) is 29.3 Å². The molecule has 1 fully saturated rings. The van der Waals surface area contributed by atoms with Crippen molar-refractivity contribution in [3.8, 4) is 0 Å². The fraction of sp³-hybridized carbons (Fsp3) is 0.345. The zero-order valence-corrected chi connectivity index (χ0v) is 20.9. The molecule has 2 atom stereocenters. The number of likely N-dealkylation sites (tertiary alicyclic amines) is 1. The third-order valence-corrected chi connectivity index (χ3v) is 7.13. The molecule has 1 saturated heterocycles. The Bertz CT molecular complexity index is 990. The Hall–Kier alpha value is -2.47. The number of nitrogens with zero attached hydrogens (tertiary/aromatic N) is 1. The molecule has 1 N–H and O–H groups in total. The second-order valence-electron chi connectivity index (χ2n) is 8.92. The Labute approximate surface area is 210 Å². The van der Waals surface area contributed by atoms with Gasteiger partial charge in [-0.15, -0.1) is 0 Å². The van der Waals surface area contributed by atoms with Crippen molar-refractivity contribution in [3.63, 3.8) is 0 Å². The lowest BCUT2D eigenvalue weighted by Gasteiger charge is -2.40. The Morgan fingerprint density at radius 2 is 1.47 bits per heavy atom. The van der Waals surface area contributed by atoms with Crippen molar-refractivity contribution in [2.24, 2.45) is 0 Å². The first kappa shape index (κ1) is 24.6. The van der Waals surface area contributed by atoms with Gasteiger partial charge in [-0.3, -0.25) is 9.69 Å². The van der Waals surface area contributed by atoms with Gasteiger partial charge in [0.2, 0.25) is 0 Å². The quantitative estimate of drug-likeness (QED) is 0.212. The van der Waals surface area contributed by atoms with Crippen molar-refractivity contribution in [1.82, 2.24) is 4.90 Å². The molecule has 3 aromatic carbocycles. The van der Waals surface area contributed by atoms with Crippen LogP contribution in [-0.4, -0.2) is 40.0 Å². The van der Waals surface area contributed by atoms with E-state index < -0.39 is 5.60 Å². The van der Waals surface area contributed by atoms with Crippen molar-refractivity contribution in [2.45, 2.75) is 50.0 Å². The van der Waals surface area contributed by atoms with Crippen LogP contribution in [0.1, 0.15) is 42.4 Å². The van der Waals surface area contributed by atoms with Crippen molar-refractivity contribution in [3.05, 3.63) is 108 Å². The number of ether oxygens (including phenoxy) is 1. The van der Waals surface area contributed by atoms with Crippen molar-refractivity contribution in [2.75, 3.05) is 11.9 Å². The van der Waals surface area contributed by atoms with Gasteiger partial charge in [0.05, 0.1) is 6.04 Å². The lowest BCUT2D eigenvalue weighted by Crippen LogP contribution is -2.48. The molecule has 1 aliphatic rings. The number of aliphatic hydroxyl groups is 1. The first-order valence-corrected chi connectivity index (χ1v) is 13.1. The summed E-state index contributed by atoms with van der Waals surface area (Å²) in [5.74, 6) is -0.158. The molecule has 1 heterocycles. The van der Waals surface area contributed by atoms with Gasteiger partial charge in [-0.25, -0.2) is 0 Å². The Kier molecular flexibility index (Phi) is 8.54. The summed E-state index contributed by atoms with van der Waals surface area (Å²) in [7, 11) is 0. The summed E-state index contributed by atoms with van der Waals surface area (Å²) in [5.41, 5.74) is 1.61. The van der Waals surface area contributed by atoms with Crippen LogP contribution in [0.5, 0.6) is 0 Å². The maximum atomic E-state index is 12.5. The average molecular weight is 522 g/mol. The predicted molar refractivity (Wildman–Crippen MR) is 139 cm³/mol. The van der Waals surface area contributed by atoms with Crippen molar-refractivity contribution >= 4 is 21.9 Å². The highest BCUT2D eigenvalue weighted by Gasteiger charge is 2.49. The first-order valence-electron chi connectivity index (χ1n) is 12.0. The summed E-state index contributed by atoms with van der Waals surface area (Å²) < 4.78 is 5.92. The zero-order chi connectivity index (χ0) is 23.8. The van der Waals surface area contributed by atoms with E-state index in [-0.39, 0.29) is 18.1 Å². The number of alkyl halides is 1. The summed E-state index contributed by atoms with van der Waals surface area (Å²) in [4.78, 5) is 14.8. The highest BCUT2D eigenvalue weighted by molar-refractivity contribution is 9.09. The van der Waals surface area contributed by atoms with E-state index in [1.54, 1.807) is 0 Å². The molecule has 0 aliphatic carbocycles. The van der Waals surface area contributed by atoms with Gasteiger partial charge < -0.3 is 9.84 Å². The van der Waals surface area contributed by atoms with Crippen LogP contribution in [0.15, 0.2) is 91.0 Å². The van der Waals surface area contributed by atoms with E-state index in [0.29, 0.717) is 25.9 Å². The molecule has 0 aromatic heterocycles. The van der Waals surface area contributed by atoms with E-state index in [1.165, 1.54) is 5.56 Å². The largest absolute Gasteiger partial charge is 0.461 e. The van der Waals surface area contributed by atoms with Gasteiger partial charge in [0.1, 0.15) is 11.7 Å². The molecule has 4 nitrogen and oxygen atoms in total. The van der Waals surface area contributed by atoms with E-state index in [2.05, 4.69) is 33.0 Å². The lowest BCUT2D eigenvalue weighted by molar-refractivity contribution is -0.148. The molecule has 0 bridgehead atoms. The Balaban J connectivity index is 1.66. The lowest BCUT2D eigenvalue weighted by atomic mass is 9.78. The summed E-state index contributed by atoms with van der Waals surface area (Å²) in [6, 6.07) is 29.7. The number of benzene rings is 3. The molecule has 0 saturated carbocycles. The SMILES string of the molecule is O=C(CCCCBr)O[C@@H]1C[C@@H](C(O)(c2ccccc2)c2ccccc2)N(Cc2ccccc2)C1. The van der Waals surface area contributed by atoms with Gasteiger partial charge in [0.25, 0.3) is 0 Å². The van der Waals surface area contributed by atoms with Crippen LogP contribution >= 0.6 is 15.9 Å². The van der Waals surface area contributed by atoms with Gasteiger partial charge in [-0.1, -0.05) is 107 Å². The number of carbonyl (C=O) groups excluding carboxylic acids is 1. The van der Waals surface area contributed by atoms with Gasteiger partial charge in [0, 0.05) is 31.3 Å². The molecule has 4 rings (SSSR count). The minimum absolute atomic E-state index is 0.158. The van der Waals surface area contributed by atoms with Crippen molar-refractivity contribution in [1.29, 1.82) is 0 Å². The Morgan fingerprint density at radius 3 is 2.03 bits per heavy atom. The highest BCUT2D eigenvalue weighted by atomic mass is 79.9. The van der Waals surface area contributed by atoms with Crippen LogP contribution in [0.25, 0.3) is 0 Å². The normalized spacial score (nSPS) is 18.6. The third-order valence-electron chi connectivity index (χ3n) is 6.57. The minimum Gasteiger partial charge on any atom is -0.461 e. The van der Waals surface area contributed by atoms with Crippen LogP contribution < -0.4 is 0 Å². The van der Waals surface area contributed by atoms with Crippen molar-refractivity contribution < 1.29 is 14.6 Å². The molecule has 5 heteroatoms. The molecule has 178 valence electrons. The number of hydrogen-bond acceptors (Lipinski definition) is 4. The number of rotatable bonds is 10.